The van der Waals surface area contributed by atoms with Crippen LogP contribution >= 0.6 is 11.6 Å². The van der Waals surface area contributed by atoms with Crippen molar-refractivity contribution < 1.29 is 9.53 Å². The Morgan fingerprint density at radius 2 is 2.44 bits per heavy atom. The predicted octanol–water partition coefficient (Wildman–Crippen LogP) is 1.17. The van der Waals surface area contributed by atoms with E-state index >= 15 is 0 Å². The van der Waals surface area contributed by atoms with Gasteiger partial charge in [-0.2, -0.15) is 5.26 Å². The second-order valence-electron chi connectivity index (χ2n) is 3.97. The summed E-state index contributed by atoms with van der Waals surface area (Å²) in [5.74, 6) is 0.805. The number of amides is 1. The van der Waals surface area contributed by atoms with Gasteiger partial charge in [0.2, 0.25) is 11.8 Å². The maximum Gasteiger partial charge on any atom is 0.224 e. The van der Waals surface area contributed by atoms with E-state index in [1.165, 1.54) is 6.20 Å². The number of nitrogens with zero attached hydrogens (tertiary/aromatic N) is 3. The summed E-state index contributed by atoms with van der Waals surface area (Å²) < 4.78 is 5.56. The van der Waals surface area contributed by atoms with Gasteiger partial charge >= 0.3 is 0 Å². The van der Waals surface area contributed by atoms with Gasteiger partial charge < -0.3 is 9.64 Å². The molecular weight excluding hydrogens is 254 g/mol. The third-order valence-corrected chi connectivity index (χ3v) is 2.85. The van der Waals surface area contributed by atoms with Crippen molar-refractivity contribution in [1.29, 1.82) is 5.26 Å². The minimum Gasteiger partial charge on any atom is -0.471 e. The Kier molecular flexibility index (Phi) is 4.00. The summed E-state index contributed by atoms with van der Waals surface area (Å²) in [7, 11) is 0. The Hall–Kier alpha value is -1.80. The molecule has 1 fully saturated rings. The molecule has 0 unspecified atom stereocenters. The smallest absolute Gasteiger partial charge is 0.224 e. The van der Waals surface area contributed by atoms with Crippen LogP contribution in [-0.4, -0.2) is 40.9 Å². The number of hydrogen-bond donors (Lipinski definition) is 0. The number of nitriles is 1. The second kappa shape index (κ2) is 5.69. The van der Waals surface area contributed by atoms with Gasteiger partial charge in [0.05, 0.1) is 24.7 Å². The lowest BCUT2D eigenvalue weighted by Gasteiger charge is -2.38. The van der Waals surface area contributed by atoms with Crippen LogP contribution in [0.4, 0.5) is 0 Å². The van der Waals surface area contributed by atoms with E-state index < -0.39 is 0 Å². The van der Waals surface area contributed by atoms with Gasteiger partial charge in [-0.1, -0.05) is 0 Å². The average Bonchev–Trinajstić information content (AvgIpc) is 2.33. The molecule has 1 aliphatic rings. The predicted molar refractivity (Wildman–Crippen MR) is 65.3 cm³/mol. The SMILES string of the molecule is N#Cc1ccnc(OC2CN(C(=O)CCCl)C2)c1. The van der Waals surface area contributed by atoms with E-state index in [-0.39, 0.29) is 12.0 Å². The summed E-state index contributed by atoms with van der Waals surface area (Å²) in [6, 6.07) is 5.22. The highest BCUT2D eigenvalue weighted by Crippen LogP contribution is 2.17. The van der Waals surface area contributed by atoms with Gasteiger partial charge in [0, 0.05) is 24.6 Å². The van der Waals surface area contributed by atoms with Crippen LogP contribution in [-0.2, 0) is 4.79 Å². The normalized spacial score (nSPS) is 14.8. The summed E-state index contributed by atoms with van der Waals surface area (Å²) in [5.41, 5.74) is 0.509. The zero-order valence-corrected chi connectivity index (χ0v) is 10.4. The van der Waals surface area contributed by atoms with Gasteiger partial charge in [-0.3, -0.25) is 4.79 Å². The van der Waals surface area contributed by atoms with Gasteiger partial charge in [-0.25, -0.2) is 4.98 Å². The summed E-state index contributed by atoms with van der Waals surface area (Å²) in [4.78, 5) is 17.2. The fourth-order valence-electron chi connectivity index (χ4n) is 1.67. The molecule has 0 radical (unpaired) electrons. The van der Waals surface area contributed by atoms with Crippen molar-refractivity contribution in [2.45, 2.75) is 12.5 Å². The standard InChI is InChI=1S/C12H12ClN3O2/c13-3-1-12(17)16-7-10(8-16)18-11-5-9(6-14)2-4-15-11/h2,4-5,10H,1,3,7-8H2. The molecule has 0 atom stereocenters. The minimum absolute atomic E-state index is 0.0450. The van der Waals surface area contributed by atoms with E-state index in [0.29, 0.717) is 36.8 Å². The van der Waals surface area contributed by atoms with Crippen LogP contribution in [0.5, 0.6) is 5.88 Å². The molecule has 5 nitrogen and oxygen atoms in total. The zero-order chi connectivity index (χ0) is 13.0. The van der Waals surface area contributed by atoms with Crippen molar-refractivity contribution >= 4 is 17.5 Å². The average molecular weight is 266 g/mol. The Labute approximate surface area is 110 Å². The highest BCUT2D eigenvalue weighted by Gasteiger charge is 2.31. The van der Waals surface area contributed by atoms with Crippen LogP contribution in [0.3, 0.4) is 0 Å². The maximum absolute atomic E-state index is 11.5. The molecule has 0 aromatic carbocycles. The first-order valence-corrected chi connectivity index (χ1v) is 6.13. The molecule has 94 valence electrons. The van der Waals surface area contributed by atoms with Gasteiger partial charge in [0.1, 0.15) is 6.10 Å². The summed E-state index contributed by atoms with van der Waals surface area (Å²) >= 11 is 5.50. The van der Waals surface area contributed by atoms with Crippen LogP contribution in [0.25, 0.3) is 0 Å². The first-order valence-electron chi connectivity index (χ1n) is 5.59. The van der Waals surface area contributed by atoms with E-state index in [0.717, 1.165) is 0 Å². The van der Waals surface area contributed by atoms with Crippen molar-refractivity contribution in [1.82, 2.24) is 9.88 Å². The number of alkyl halides is 1. The first-order chi connectivity index (χ1) is 8.72. The van der Waals surface area contributed by atoms with E-state index in [1.54, 1.807) is 17.0 Å². The van der Waals surface area contributed by atoms with Crippen molar-refractivity contribution in [3.63, 3.8) is 0 Å². The Balaban J connectivity index is 1.83. The Morgan fingerprint density at radius 3 is 3.11 bits per heavy atom. The van der Waals surface area contributed by atoms with Gasteiger partial charge in [0.25, 0.3) is 0 Å². The molecule has 6 heteroatoms. The van der Waals surface area contributed by atoms with Gasteiger partial charge in [-0.05, 0) is 6.07 Å². The van der Waals surface area contributed by atoms with Crippen molar-refractivity contribution in [2.75, 3.05) is 19.0 Å². The molecule has 18 heavy (non-hydrogen) atoms. The van der Waals surface area contributed by atoms with Crippen LogP contribution in [0.2, 0.25) is 0 Å². The number of rotatable bonds is 4. The van der Waals surface area contributed by atoms with Gasteiger partial charge in [-0.15, -0.1) is 11.6 Å². The number of ether oxygens (including phenoxy) is 1. The van der Waals surface area contributed by atoms with Crippen molar-refractivity contribution in [3.8, 4) is 11.9 Å². The van der Waals surface area contributed by atoms with Crippen molar-refractivity contribution in [2.24, 2.45) is 0 Å². The Morgan fingerprint density at radius 1 is 1.67 bits per heavy atom. The molecule has 1 saturated heterocycles. The molecule has 2 rings (SSSR count). The molecule has 1 amide bonds. The molecule has 0 N–H and O–H groups in total. The number of pyridine rings is 1. The van der Waals surface area contributed by atoms with E-state index in [2.05, 4.69) is 4.98 Å². The summed E-state index contributed by atoms with van der Waals surface area (Å²) in [5, 5.41) is 8.74. The Bertz CT molecular complexity index is 480. The van der Waals surface area contributed by atoms with Crippen LogP contribution < -0.4 is 4.74 Å². The third kappa shape index (κ3) is 2.90. The quantitative estimate of drug-likeness (QED) is 0.767. The molecule has 0 spiro atoms. The van der Waals surface area contributed by atoms with E-state index in [9.17, 15) is 4.79 Å². The minimum atomic E-state index is -0.0503. The lowest BCUT2D eigenvalue weighted by molar-refractivity contribution is -0.139. The number of carbonyl (C=O) groups is 1. The van der Waals surface area contributed by atoms with Crippen LogP contribution in [0, 0.1) is 11.3 Å². The van der Waals surface area contributed by atoms with Crippen molar-refractivity contribution in [3.05, 3.63) is 23.9 Å². The topological polar surface area (TPSA) is 66.2 Å². The lowest BCUT2D eigenvalue weighted by atomic mass is 10.1. The number of hydrogen-bond acceptors (Lipinski definition) is 4. The summed E-state index contributed by atoms with van der Waals surface area (Å²) in [6.07, 6.45) is 1.84. The van der Waals surface area contributed by atoms with Crippen LogP contribution in [0.15, 0.2) is 18.3 Å². The molecule has 1 aromatic rings. The van der Waals surface area contributed by atoms with E-state index in [1.807, 2.05) is 6.07 Å². The van der Waals surface area contributed by atoms with E-state index in [4.69, 9.17) is 21.6 Å². The molecule has 0 aliphatic carbocycles. The second-order valence-corrected chi connectivity index (χ2v) is 4.35. The maximum atomic E-state index is 11.5. The molecule has 0 bridgehead atoms. The summed E-state index contributed by atoms with van der Waals surface area (Å²) in [6.45, 7) is 1.10. The number of aromatic nitrogens is 1. The highest BCUT2D eigenvalue weighted by atomic mass is 35.5. The highest BCUT2D eigenvalue weighted by molar-refractivity contribution is 6.18. The fraction of sp³-hybridized carbons (Fsp3) is 0.417. The molecule has 1 aliphatic heterocycles. The number of halogens is 1. The molecule has 1 aromatic heterocycles. The largest absolute Gasteiger partial charge is 0.471 e. The zero-order valence-electron chi connectivity index (χ0n) is 9.67. The van der Waals surface area contributed by atoms with Crippen LogP contribution in [0.1, 0.15) is 12.0 Å². The third-order valence-electron chi connectivity index (χ3n) is 2.66. The number of carbonyl (C=O) groups excluding carboxylic acids is 1. The number of likely N-dealkylation sites (tertiary alicyclic amines) is 1. The fourth-order valence-corrected chi connectivity index (χ4v) is 1.83. The monoisotopic (exact) mass is 265 g/mol. The molecular formula is C12H12ClN3O2. The molecule has 2 heterocycles. The lowest BCUT2D eigenvalue weighted by Crippen LogP contribution is -2.56. The molecule has 0 saturated carbocycles. The van der Waals surface area contributed by atoms with Gasteiger partial charge in [0.15, 0.2) is 0 Å². The first kappa shape index (κ1) is 12.7.